The molecule has 102 valence electrons. The van der Waals surface area contributed by atoms with E-state index in [1.807, 2.05) is 0 Å². The van der Waals surface area contributed by atoms with Crippen LogP contribution in [-0.2, 0) is 9.53 Å². The van der Waals surface area contributed by atoms with Crippen LogP contribution in [-0.4, -0.2) is 36.6 Å². The lowest BCUT2D eigenvalue weighted by atomic mass is 10.2. The lowest BCUT2D eigenvalue weighted by Crippen LogP contribution is -2.38. The van der Waals surface area contributed by atoms with E-state index in [0.29, 0.717) is 19.2 Å². The van der Waals surface area contributed by atoms with Crippen LogP contribution in [0, 0.1) is 0 Å². The zero-order valence-corrected chi connectivity index (χ0v) is 12.0. The Kier molecular flexibility index (Phi) is 10.2. The summed E-state index contributed by atoms with van der Waals surface area (Å²) in [6.07, 6.45) is 5.42. The van der Waals surface area contributed by atoms with Crippen LogP contribution in [0.3, 0.4) is 0 Å². The number of unbranched alkanes of at least 4 members (excludes halogenated alkanes) is 2. The molecule has 3 heteroatoms. The third-order valence-electron chi connectivity index (χ3n) is 3.11. The molecule has 0 aromatic heterocycles. The summed E-state index contributed by atoms with van der Waals surface area (Å²) in [5.74, 6) is -0.0742. The molecule has 0 amide bonds. The molecule has 0 saturated carbocycles. The van der Waals surface area contributed by atoms with Crippen LogP contribution in [0.25, 0.3) is 0 Å². The first-order chi connectivity index (χ1) is 8.15. The molecule has 1 atom stereocenters. The first-order valence-electron chi connectivity index (χ1n) is 7.05. The molecule has 3 nitrogen and oxygen atoms in total. The minimum atomic E-state index is -0.0742. The van der Waals surface area contributed by atoms with Crippen molar-refractivity contribution in [2.24, 2.45) is 0 Å². The summed E-state index contributed by atoms with van der Waals surface area (Å²) in [6, 6.07) is 0.459. The van der Waals surface area contributed by atoms with Crippen LogP contribution in [0.15, 0.2) is 0 Å². The second-order valence-corrected chi connectivity index (χ2v) is 4.66. The highest BCUT2D eigenvalue weighted by Gasteiger charge is 2.16. The fourth-order valence-corrected chi connectivity index (χ4v) is 1.62. The summed E-state index contributed by atoms with van der Waals surface area (Å²) in [4.78, 5) is 13.9. The molecule has 17 heavy (non-hydrogen) atoms. The van der Waals surface area contributed by atoms with E-state index in [1.54, 1.807) is 0 Å². The zero-order chi connectivity index (χ0) is 13.1. The number of esters is 1. The lowest BCUT2D eigenvalue weighted by Gasteiger charge is -2.27. The summed E-state index contributed by atoms with van der Waals surface area (Å²) < 4.78 is 5.21. The van der Waals surface area contributed by atoms with Gasteiger partial charge in [0.1, 0.15) is 0 Å². The van der Waals surface area contributed by atoms with Crippen LogP contribution in [0.2, 0.25) is 0 Å². The molecule has 1 unspecified atom stereocenters. The van der Waals surface area contributed by atoms with Crippen LogP contribution in [0.1, 0.15) is 59.8 Å². The molecular formula is C14H29NO2. The van der Waals surface area contributed by atoms with Crippen molar-refractivity contribution in [1.29, 1.82) is 0 Å². The predicted octanol–water partition coefficient (Wildman–Crippen LogP) is 3.23. The number of carbonyl (C=O) groups is 1. The summed E-state index contributed by atoms with van der Waals surface area (Å²) in [5, 5.41) is 0. The first kappa shape index (κ1) is 16.4. The molecule has 0 rings (SSSR count). The quantitative estimate of drug-likeness (QED) is 0.436. The topological polar surface area (TPSA) is 29.5 Å². The fraction of sp³-hybridized carbons (Fsp3) is 0.929. The highest BCUT2D eigenvalue weighted by molar-refractivity contribution is 5.71. The number of hydrogen-bond donors (Lipinski definition) is 0. The molecule has 0 aliphatic rings. The smallest absolute Gasteiger partial charge is 0.320 e. The Hall–Kier alpha value is -0.570. The van der Waals surface area contributed by atoms with Gasteiger partial charge in [-0.25, -0.2) is 0 Å². The average molecular weight is 243 g/mol. The number of rotatable bonds is 10. The maximum atomic E-state index is 11.6. The van der Waals surface area contributed by atoms with E-state index in [1.165, 1.54) is 0 Å². The molecule has 0 heterocycles. The van der Waals surface area contributed by atoms with Crippen molar-refractivity contribution in [1.82, 2.24) is 4.90 Å². The summed E-state index contributed by atoms with van der Waals surface area (Å²) >= 11 is 0. The fourth-order valence-electron chi connectivity index (χ4n) is 1.62. The second-order valence-electron chi connectivity index (χ2n) is 4.66. The van der Waals surface area contributed by atoms with Gasteiger partial charge in [0.2, 0.25) is 0 Å². The molecule has 0 aromatic rings. The Bertz CT molecular complexity index is 195. The summed E-state index contributed by atoms with van der Waals surface area (Å²) in [6.45, 7) is 10.6. The van der Waals surface area contributed by atoms with E-state index in [0.717, 1.165) is 38.6 Å². The first-order valence-corrected chi connectivity index (χ1v) is 7.05. The largest absolute Gasteiger partial charge is 0.465 e. The number of hydrogen-bond acceptors (Lipinski definition) is 3. The van der Waals surface area contributed by atoms with Gasteiger partial charge >= 0.3 is 5.97 Å². The molecule has 0 spiro atoms. The molecule has 0 bridgehead atoms. The Morgan fingerprint density at radius 1 is 1.18 bits per heavy atom. The minimum absolute atomic E-state index is 0.0742. The van der Waals surface area contributed by atoms with E-state index in [2.05, 4.69) is 32.6 Å². The van der Waals surface area contributed by atoms with Crippen molar-refractivity contribution in [3.05, 3.63) is 0 Å². The van der Waals surface area contributed by atoms with Gasteiger partial charge in [0.15, 0.2) is 0 Å². The summed E-state index contributed by atoms with van der Waals surface area (Å²) in [5.41, 5.74) is 0. The van der Waals surface area contributed by atoms with Crippen LogP contribution in [0.4, 0.5) is 0 Å². The Morgan fingerprint density at radius 3 is 2.35 bits per heavy atom. The van der Waals surface area contributed by atoms with E-state index in [4.69, 9.17) is 4.74 Å². The Labute approximate surface area is 107 Å². The van der Waals surface area contributed by atoms with E-state index in [-0.39, 0.29) is 5.97 Å². The Balaban J connectivity index is 3.99. The maximum absolute atomic E-state index is 11.6. The Morgan fingerprint density at radius 2 is 1.82 bits per heavy atom. The van der Waals surface area contributed by atoms with Gasteiger partial charge in [0, 0.05) is 6.04 Å². The van der Waals surface area contributed by atoms with Crippen LogP contribution >= 0.6 is 0 Å². The van der Waals surface area contributed by atoms with E-state index in [9.17, 15) is 4.79 Å². The maximum Gasteiger partial charge on any atom is 0.320 e. The lowest BCUT2D eigenvalue weighted by molar-refractivity contribution is -0.145. The third-order valence-corrected chi connectivity index (χ3v) is 3.11. The van der Waals surface area contributed by atoms with Gasteiger partial charge in [0.25, 0.3) is 0 Å². The molecule has 0 aliphatic heterocycles. The van der Waals surface area contributed by atoms with Crippen LogP contribution in [0.5, 0.6) is 0 Å². The number of nitrogens with zero attached hydrogens (tertiary/aromatic N) is 1. The van der Waals surface area contributed by atoms with Crippen molar-refractivity contribution in [3.8, 4) is 0 Å². The van der Waals surface area contributed by atoms with Gasteiger partial charge in [0.05, 0.1) is 13.2 Å². The van der Waals surface area contributed by atoms with Gasteiger partial charge in [-0.3, -0.25) is 9.69 Å². The second kappa shape index (κ2) is 10.6. The van der Waals surface area contributed by atoms with Crippen molar-refractivity contribution in [3.63, 3.8) is 0 Å². The normalized spacial score (nSPS) is 12.8. The van der Waals surface area contributed by atoms with E-state index < -0.39 is 0 Å². The highest BCUT2D eigenvalue weighted by Crippen LogP contribution is 2.06. The zero-order valence-electron chi connectivity index (χ0n) is 12.0. The minimum Gasteiger partial charge on any atom is -0.465 e. The van der Waals surface area contributed by atoms with E-state index >= 15 is 0 Å². The molecule has 0 N–H and O–H groups in total. The molecular weight excluding hydrogens is 214 g/mol. The number of carbonyl (C=O) groups excluding carboxylic acids is 1. The predicted molar refractivity (Wildman–Crippen MR) is 72.1 cm³/mol. The molecule has 0 fully saturated rings. The third kappa shape index (κ3) is 8.19. The van der Waals surface area contributed by atoms with Gasteiger partial charge < -0.3 is 4.74 Å². The van der Waals surface area contributed by atoms with Gasteiger partial charge in [-0.05, 0) is 32.7 Å². The molecule has 0 aliphatic carbocycles. The van der Waals surface area contributed by atoms with Crippen molar-refractivity contribution in [2.45, 2.75) is 65.8 Å². The van der Waals surface area contributed by atoms with Gasteiger partial charge in [-0.15, -0.1) is 0 Å². The van der Waals surface area contributed by atoms with Crippen molar-refractivity contribution >= 4 is 5.97 Å². The monoisotopic (exact) mass is 243 g/mol. The molecule has 0 aromatic carbocycles. The number of ether oxygens (including phenoxy) is 1. The van der Waals surface area contributed by atoms with Gasteiger partial charge in [-0.2, -0.15) is 0 Å². The standard InChI is InChI=1S/C14H29NO2/c1-5-8-10-15(13(4)7-3)12-14(16)17-11-9-6-2/h13H,5-12H2,1-4H3. The average Bonchev–Trinajstić information content (AvgIpc) is 2.33. The van der Waals surface area contributed by atoms with Gasteiger partial charge in [-0.1, -0.05) is 33.6 Å². The SMILES string of the molecule is CCCCOC(=O)CN(CCCC)C(C)CC. The summed E-state index contributed by atoms with van der Waals surface area (Å²) in [7, 11) is 0. The highest BCUT2D eigenvalue weighted by atomic mass is 16.5. The van der Waals surface area contributed by atoms with Crippen molar-refractivity contribution in [2.75, 3.05) is 19.7 Å². The van der Waals surface area contributed by atoms with Crippen molar-refractivity contribution < 1.29 is 9.53 Å². The molecule has 0 saturated heterocycles. The van der Waals surface area contributed by atoms with Crippen LogP contribution < -0.4 is 0 Å². The molecule has 0 radical (unpaired) electrons.